The van der Waals surface area contributed by atoms with E-state index in [0.717, 1.165) is 11.1 Å². The first kappa shape index (κ1) is 14.0. The highest BCUT2D eigenvalue weighted by Gasteiger charge is 2.14. The Hall–Kier alpha value is -2.04. The summed E-state index contributed by atoms with van der Waals surface area (Å²) >= 11 is 0. The standard InChI is InChI=1S/C13H17NO4/c1-8-4-5-11(9(2)6-8)18-7-12(15)14-10(3)13(16)17/h4-6,10H,7H2,1-3H3,(H,14,15)(H,16,17)/t10-/m0/s1. The lowest BCUT2D eigenvalue weighted by atomic mass is 10.1. The van der Waals surface area contributed by atoms with Crippen molar-refractivity contribution in [2.75, 3.05) is 6.61 Å². The molecule has 2 N–H and O–H groups in total. The molecule has 1 rings (SSSR count). The lowest BCUT2D eigenvalue weighted by molar-refractivity contribution is -0.141. The highest BCUT2D eigenvalue weighted by molar-refractivity contribution is 5.84. The summed E-state index contributed by atoms with van der Waals surface area (Å²) in [5.41, 5.74) is 2.05. The van der Waals surface area contributed by atoms with Crippen LogP contribution in [0.1, 0.15) is 18.1 Å². The molecule has 0 spiro atoms. The lowest BCUT2D eigenvalue weighted by Gasteiger charge is -2.12. The lowest BCUT2D eigenvalue weighted by Crippen LogP contribution is -2.40. The van der Waals surface area contributed by atoms with E-state index in [1.54, 1.807) is 6.07 Å². The topological polar surface area (TPSA) is 75.6 Å². The molecule has 1 aromatic carbocycles. The number of amides is 1. The van der Waals surface area contributed by atoms with Gasteiger partial charge in [-0.2, -0.15) is 0 Å². The van der Waals surface area contributed by atoms with Crippen LogP contribution in [0.3, 0.4) is 0 Å². The molecular weight excluding hydrogens is 234 g/mol. The van der Waals surface area contributed by atoms with Crippen molar-refractivity contribution in [3.63, 3.8) is 0 Å². The van der Waals surface area contributed by atoms with E-state index in [2.05, 4.69) is 5.32 Å². The Morgan fingerprint density at radius 1 is 1.39 bits per heavy atom. The van der Waals surface area contributed by atoms with Gasteiger partial charge in [0, 0.05) is 0 Å². The highest BCUT2D eigenvalue weighted by atomic mass is 16.5. The zero-order valence-corrected chi connectivity index (χ0v) is 10.7. The van der Waals surface area contributed by atoms with Crippen molar-refractivity contribution in [1.82, 2.24) is 5.32 Å². The summed E-state index contributed by atoms with van der Waals surface area (Å²) in [7, 11) is 0. The van der Waals surface area contributed by atoms with Crippen molar-refractivity contribution in [3.8, 4) is 5.75 Å². The average Bonchev–Trinajstić information content (AvgIpc) is 2.27. The minimum absolute atomic E-state index is 0.193. The molecule has 0 bridgehead atoms. The minimum Gasteiger partial charge on any atom is -0.484 e. The van der Waals surface area contributed by atoms with Crippen LogP contribution in [-0.2, 0) is 9.59 Å². The first-order chi connectivity index (χ1) is 8.40. The van der Waals surface area contributed by atoms with Crippen molar-refractivity contribution in [2.24, 2.45) is 0 Å². The van der Waals surface area contributed by atoms with Gasteiger partial charge in [0.05, 0.1) is 0 Å². The molecule has 1 atom stereocenters. The van der Waals surface area contributed by atoms with Gasteiger partial charge in [-0.3, -0.25) is 9.59 Å². The van der Waals surface area contributed by atoms with Crippen LogP contribution < -0.4 is 10.1 Å². The Morgan fingerprint density at radius 3 is 2.61 bits per heavy atom. The highest BCUT2D eigenvalue weighted by Crippen LogP contribution is 2.18. The van der Waals surface area contributed by atoms with Crippen molar-refractivity contribution < 1.29 is 19.4 Å². The molecular formula is C13H17NO4. The van der Waals surface area contributed by atoms with E-state index >= 15 is 0 Å². The molecule has 98 valence electrons. The number of rotatable bonds is 5. The monoisotopic (exact) mass is 251 g/mol. The number of benzene rings is 1. The molecule has 1 amide bonds. The van der Waals surface area contributed by atoms with Crippen molar-refractivity contribution >= 4 is 11.9 Å². The molecule has 5 heteroatoms. The summed E-state index contributed by atoms with van der Waals surface area (Å²) in [6, 6.07) is 4.71. The third kappa shape index (κ3) is 4.08. The van der Waals surface area contributed by atoms with Crippen molar-refractivity contribution in [3.05, 3.63) is 29.3 Å². The molecule has 0 saturated heterocycles. The van der Waals surface area contributed by atoms with E-state index in [1.165, 1.54) is 6.92 Å². The van der Waals surface area contributed by atoms with E-state index in [-0.39, 0.29) is 6.61 Å². The fourth-order valence-electron chi connectivity index (χ4n) is 1.45. The van der Waals surface area contributed by atoms with E-state index in [0.29, 0.717) is 5.75 Å². The Balaban J connectivity index is 2.50. The van der Waals surface area contributed by atoms with Crippen LogP contribution in [0.4, 0.5) is 0 Å². The van der Waals surface area contributed by atoms with Crippen LogP contribution in [-0.4, -0.2) is 29.6 Å². The smallest absolute Gasteiger partial charge is 0.325 e. The zero-order valence-electron chi connectivity index (χ0n) is 10.7. The van der Waals surface area contributed by atoms with Crippen LogP contribution in [0.5, 0.6) is 5.75 Å². The summed E-state index contributed by atoms with van der Waals surface area (Å²) in [5.74, 6) is -0.904. The Labute approximate surface area is 106 Å². The molecule has 0 heterocycles. The number of ether oxygens (including phenoxy) is 1. The van der Waals surface area contributed by atoms with E-state index in [4.69, 9.17) is 9.84 Å². The van der Waals surface area contributed by atoms with Gasteiger partial charge in [0.15, 0.2) is 6.61 Å². The maximum Gasteiger partial charge on any atom is 0.325 e. The molecule has 0 radical (unpaired) electrons. The number of nitrogens with one attached hydrogen (secondary N) is 1. The predicted molar refractivity (Wildman–Crippen MR) is 66.7 cm³/mol. The summed E-state index contributed by atoms with van der Waals surface area (Å²) in [6.45, 7) is 5.07. The molecule has 0 unspecified atom stereocenters. The first-order valence-electron chi connectivity index (χ1n) is 5.62. The van der Waals surface area contributed by atoms with Gasteiger partial charge in [-0.1, -0.05) is 17.7 Å². The Kier molecular flexibility index (Phi) is 4.71. The fraction of sp³-hybridized carbons (Fsp3) is 0.385. The van der Waals surface area contributed by atoms with Gasteiger partial charge < -0.3 is 15.2 Å². The molecule has 0 saturated carbocycles. The fourth-order valence-corrected chi connectivity index (χ4v) is 1.45. The zero-order chi connectivity index (χ0) is 13.7. The number of carbonyl (C=O) groups excluding carboxylic acids is 1. The minimum atomic E-state index is -1.07. The largest absolute Gasteiger partial charge is 0.484 e. The van der Waals surface area contributed by atoms with Gasteiger partial charge in [-0.05, 0) is 32.4 Å². The first-order valence-corrected chi connectivity index (χ1v) is 5.62. The van der Waals surface area contributed by atoms with Crippen LogP contribution in [0.15, 0.2) is 18.2 Å². The van der Waals surface area contributed by atoms with E-state index in [9.17, 15) is 9.59 Å². The van der Waals surface area contributed by atoms with Crippen LogP contribution in [0.25, 0.3) is 0 Å². The third-order valence-electron chi connectivity index (χ3n) is 2.44. The number of carboxylic acids is 1. The maximum atomic E-state index is 11.4. The average molecular weight is 251 g/mol. The summed E-state index contributed by atoms with van der Waals surface area (Å²) < 4.78 is 5.33. The summed E-state index contributed by atoms with van der Waals surface area (Å²) in [4.78, 5) is 22.0. The van der Waals surface area contributed by atoms with E-state index in [1.807, 2.05) is 26.0 Å². The van der Waals surface area contributed by atoms with E-state index < -0.39 is 17.9 Å². The SMILES string of the molecule is Cc1ccc(OCC(=O)N[C@@H](C)C(=O)O)c(C)c1. The van der Waals surface area contributed by atoms with Crippen molar-refractivity contribution in [1.29, 1.82) is 0 Å². The molecule has 18 heavy (non-hydrogen) atoms. The quantitative estimate of drug-likeness (QED) is 0.826. The van der Waals surface area contributed by atoms with Gasteiger partial charge in [0.1, 0.15) is 11.8 Å². The number of aryl methyl sites for hydroxylation is 2. The number of hydrogen-bond acceptors (Lipinski definition) is 3. The molecule has 0 aliphatic carbocycles. The van der Waals surface area contributed by atoms with Gasteiger partial charge in [0.25, 0.3) is 5.91 Å². The number of hydrogen-bond donors (Lipinski definition) is 2. The summed E-state index contributed by atoms with van der Waals surface area (Å²) in [6.07, 6.45) is 0. The molecule has 0 fully saturated rings. The molecule has 5 nitrogen and oxygen atoms in total. The Morgan fingerprint density at radius 2 is 2.06 bits per heavy atom. The molecule has 1 aromatic rings. The molecule has 0 aliphatic rings. The number of aliphatic carboxylic acids is 1. The van der Waals surface area contributed by atoms with Crippen LogP contribution >= 0.6 is 0 Å². The number of carbonyl (C=O) groups is 2. The molecule has 0 aliphatic heterocycles. The Bertz CT molecular complexity index is 456. The maximum absolute atomic E-state index is 11.4. The summed E-state index contributed by atoms with van der Waals surface area (Å²) in [5, 5.41) is 11.0. The number of carboxylic acid groups (broad SMARTS) is 1. The van der Waals surface area contributed by atoms with Gasteiger partial charge >= 0.3 is 5.97 Å². The van der Waals surface area contributed by atoms with Crippen LogP contribution in [0.2, 0.25) is 0 Å². The second kappa shape index (κ2) is 6.05. The predicted octanol–water partition coefficient (Wildman–Crippen LogP) is 1.27. The van der Waals surface area contributed by atoms with Gasteiger partial charge in [-0.15, -0.1) is 0 Å². The molecule has 0 aromatic heterocycles. The van der Waals surface area contributed by atoms with Gasteiger partial charge in [0.2, 0.25) is 0 Å². The normalized spacial score (nSPS) is 11.7. The van der Waals surface area contributed by atoms with Crippen LogP contribution in [0, 0.1) is 13.8 Å². The van der Waals surface area contributed by atoms with Crippen molar-refractivity contribution in [2.45, 2.75) is 26.8 Å². The third-order valence-corrected chi connectivity index (χ3v) is 2.44. The second-order valence-corrected chi connectivity index (χ2v) is 4.19. The van der Waals surface area contributed by atoms with Gasteiger partial charge in [-0.25, -0.2) is 0 Å². The second-order valence-electron chi connectivity index (χ2n) is 4.19.